The fourth-order valence-electron chi connectivity index (χ4n) is 1.97. The monoisotopic (exact) mass is 219 g/mol. The minimum atomic E-state index is 0.110. The summed E-state index contributed by atoms with van der Waals surface area (Å²) in [6.45, 7) is 4.75. The second-order valence-corrected chi connectivity index (χ2v) is 4.12. The van der Waals surface area contributed by atoms with Crippen molar-refractivity contribution in [2.45, 2.75) is 19.4 Å². The zero-order valence-corrected chi connectivity index (χ0v) is 9.52. The number of aromatic nitrogens is 1. The Morgan fingerprint density at radius 2 is 2.19 bits per heavy atom. The highest BCUT2D eigenvalue weighted by Crippen LogP contribution is 2.11. The van der Waals surface area contributed by atoms with Crippen LogP contribution in [0.15, 0.2) is 24.5 Å². The third kappa shape index (κ3) is 2.39. The van der Waals surface area contributed by atoms with Gasteiger partial charge in [0.05, 0.1) is 0 Å². The van der Waals surface area contributed by atoms with Gasteiger partial charge in [0.25, 0.3) is 5.91 Å². The molecule has 86 valence electrons. The first-order valence-electron chi connectivity index (χ1n) is 5.71. The molecule has 4 nitrogen and oxygen atoms in total. The van der Waals surface area contributed by atoms with Crippen LogP contribution in [0.25, 0.3) is 0 Å². The van der Waals surface area contributed by atoms with E-state index in [1.807, 2.05) is 4.90 Å². The Morgan fingerprint density at radius 1 is 1.44 bits per heavy atom. The number of hydrogen-bond donors (Lipinski definition) is 1. The summed E-state index contributed by atoms with van der Waals surface area (Å²) in [6.07, 6.45) is 4.33. The van der Waals surface area contributed by atoms with E-state index in [2.05, 4.69) is 17.2 Å². The van der Waals surface area contributed by atoms with Crippen molar-refractivity contribution in [3.05, 3.63) is 30.1 Å². The second kappa shape index (κ2) is 5.07. The van der Waals surface area contributed by atoms with E-state index < -0.39 is 0 Å². The van der Waals surface area contributed by atoms with Gasteiger partial charge in [0.2, 0.25) is 0 Å². The molecule has 1 unspecified atom stereocenters. The van der Waals surface area contributed by atoms with Gasteiger partial charge in [0.15, 0.2) is 0 Å². The first-order chi connectivity index (χ1) is 7.79. The molecule has 0 saturated carbocycles. The van der Waals surface area contributed by atoms with Crippen LogP contribution in [0, 0.1) is 0 Å². The van der Waals surface area contributed by atoms with Gasteiger partial charge < -0.3 is 10.2 Å². The number of carbonyl (C=O) groups excluding carboxylic acids is 1. The van der Waals surface area contributed by atoms with Crippen molar-refractivity contribution in [1.29, 1.82) is 0 Å². The van der Waals surface area contributed by atoms with E-state index in [0.717, 1.165) is 31.6 Å². The smallest absolute Gasteiger partial charge is 0.254 e. The molecule has 1 saturated heterocycles. The van der Waals surface area contributed by atoms with E-state index in [1.54, 1.807) is 24.5 Å². The van der Waals surface area contributed by atoms with Crippen molar-refractivity contribution in [2.75, 3.05) is 19.6 Å². The molecule has 0 aromatic carbocycles. The number of pyridine rings is 1. The average molecular weight is 219 g/mol. The van der Waals surface area contributed by atoms with E-state index in [0.29, 0.717) is 6.04 Å². The molecule has 0 spiro atoms. The summed E-state index contributed by atoms with van der Waals surface area (Å²) >= 11 is 0. The summed E-state index contributed by atoms with van der Waals surface area (Å²) < 4.78 is 0. The van der Waals surface area contributed by atoms with E-state index in [1.165, 1.54) is 0 Å². The van der Waals surface area contributed by atoms with Crippen LogP contribution in [-0.4, -0.2) is 41.5 Å². The Bertz CT molecular complexity index is 353. The predicted molar refractivity (Wildman–Crippen MR) is 62.2 cm³/mol. The fraction of sp³-hybridized carbons (Fsp3) is 0.500. The molecule has 16 heavy (non-hydrogen) atoms. The molecule has 1 aromatic rings. The highest BCUT2D eigenvalue weighted by Gasteiger charge is 2.22. The van der Waals surface area contributed by atoms with Crippen molar-refractivity contribution >= 4 is 5.91 Å². The number of nitrogens with zero attached hydrogens (tertiary/aromatic N) is 2. The second-order valence-electron chi connectivity index (χ2n) is 4.12. The fourth-order valence-corrected chi connectivity index (χ4v) is 1.97. The molecule has 1 N–H and O–H groups in total. The zero-order chi connectivity index (χ0) is 11.4. The molecule has 0 bridgehead atoms. The highest BCUT2D eigenvalue weighted by atomic mass is 16.2. The molecule has 0 radical (unpaired) electrons. The normalized spacial score (nSPS) is 21.6. The summed E-state index contributed by atoms with van der Waals surface area (Å²) in [7, 11) is 0. The van der Waals surface area contributed by atoms with Gasteiger partial charge >= 0.3 is 0 Å². The molecule has 1 aliphatic heterocycles. The van der Waals surface area contributed by atoms with Crippen LogP contribution >= 0.6 is 0 Å². The van der Waals surface area contributed by atoms with Crippen LogP contribution in [0.3, 0.4) is 0 Å². The largest absolute Gasteiger partial charge is 0.335 e. The molecule has 1 aromatic heterocycles. The minimum Gasteiger partial charge on any atom is -0.335 e. The third-order valence-corrected chi connectivity index (χ3v) is 2.99. The summed E-state index contributed by atoms with van der Waals surface area (Å²) in [6, 6.07) is 3.84. The molecule has 1 amide bonds. The Labute approximate surface area is 95.7 Å². The van der Waals surface area contributed by atoms with E-state index in [4.69, 9.17) is 0 Å². The number of hydrogen-bond acceptors (Lipinski definition) is 3. The number of rotatable bonds is 1. The van der Waals surface area contributed by atoms with Gasteiger partial charge in [0.1, 0.15) is 0 Å². The predicted octanol–water partition coefficient (Wildman–Crippen LogP) is 0.906. The molecular formula is C12H17N3O. The van der Waals surface area contributed by atoms with Crippen LogP contribution in [0.5, 0.6) is 0 Å². The van der Waals surface area contributed by atoms with Gasteiger partial charge in [-0.2, -0.15) is 0 Å². The van der Waals surface area contributed by atoms with Crippen molar-refractivity contribution in [3.63, 3.8) is 0 Å². The van der Waals surface area contributed by atoms with Crippen molar-refractivity contribution in [2.24, 2.45) is 0 Å². The van der Waals surface area contributed by atoms with Gasteiger partial charge in [0, 0.05) is 37.1 Å². The highest BCUT2D eigenvalue weighted by molar-refractivity contribution is 5.94. The van der Waals surface area contributed by atoms with Gasteiger partial charge in [-0.25, -0.2) is 0 Å². The summed E-state index contributed by atoms with van der Waals surface area (Å²) in [5.41, 5.74) is 0.726. The Balaban J connectivity index is 2.14. The van der Waals surface area contributed by atoms with Gasteiger partial charge in [-0.1, -0.05) is 0 Å². The van der Waals surface area contributed by atoms with E-state index in [-0.39, 0.29) is 5.91 Å². The quantitative estimate of drug-likeness (QED) is 0.763. The zero-order valence-electron chi connectivity index (χ0n) is 9.52. The molecule has 1 fully saturated rings. The maximum absolute atomic E-state index is 12.2. The van der Waals surface area contributed by atoms with Crippen LogP contribution in [0.2, 0.25) is 0 Å². The number of amides is 1. The van der Waals surface area contributed by atoms with Crippen molar-refractivity contribution in [1.82, 2.24) is 15.2 Å². The average Bonchev–Trinajstić information content (AvgIpc) is 2.54. The van der Waals surface area contributed by atoms with E-state index >= 15 is 0 Å². The topological polar surface area (TPSA) is 45.2 Å². The lowest BCUT2D eigenvalue weighted by Crippen LogP contribution is -2.39. The van der Waals surface area contributed by atoms with Crippen LogP contribution < -0.4 is 5.32 Å². The summed E-state index contributed by atoms with van der Waals surface area (Å²) in [4.78, 5) is 18.1. The SMILES string of the molecule is CC1CCNCCN1C(=O)c1ccncc1. The summed E-state index contributed by atoms with van der Waals surface area (Å²) in [5.74, 6) is 0.110. The lowest BCUT2D eigenvalue weighted by molar-refractivity contribution is 0.0704. The van der Waals surface area contributed by atoms with Crippen LogP contribution in [-0.2, 0) is 0 Å². The van der Waals surface area contributed by atoms with Crippen LogP contribution in [0.1, 0.15) is 23.7 Å². The molecule has 2 heterocycles. The Hall–Kier alpha value is -1.42. The molecule has 2 rings (SSSR count). The standard InChI is InChI=1S/C12H17N3O/c1-10-2-5-14-8-9-15(10)12(16)11-3-6-13-7-4-11/h3-4,6-7,10,14H,2,5,8-9H2,1H3. The molecule has 1 aliphatic rings. The Morgan fingerprint density at radius 3 is 2.94 bits per heavy atom. The molecule has 4 heteroatoms. The third-order valence-electron chi connectivity index (χ3n) is 2.99. The first-order valence-corrected chi connectivity index (χ1v) is 5.71. The van der Waals surface area contributed by atoms with Crippen LogP contribution in [0.4, 0.5) is 0 Å². The maximum Gasteiger partial charge on any atom is 0.254 e. The minimum absolute atomic E-state index is 0.110. The lowest BCUT2D eigenvalue weighted by atomic mass is 10.1. The molecule has 0 aliphatic carbocycles. The lowest BCUT2D eigenvalue weighted by Gasteiger charge is -2.26. The number of carbonyl (C=O) groups is 1. The van der Waals surface area contributed by atoms with Gasteiger partial charge in [-0.15, -0.1) is 0 Å². The van der Waals surface area contributed by atoms with Crippen molar-refractivity contribution < 1.29 is 4.79 Å². The van der Waals surface area contributed by atoms with Crippen molar-refractivity contribution in [3.8, 4) is 0 Å². The Kier molecular flexibility index (Phi) is 3.51. The summed E-state index contributed by atoms with van der Waals surface area (Å²) in [5, 5.41) is 3.31. The van der Waals surface area contributed by atoms with E-state index in [9.17, 15) is 4.79 Å². The van der Waals surface area contributed by atoms with Gasteiger partial charge in [-0.05, 0) is 32.0 Å². The first kappa shape index (κ1) is 11.1. The molecule has 1 atom stereocenters. The number of nitrogens with one attached hydrogen (secondary N) is 1. The maximum atomic E-state index is 12.2. The molecular weight excluding hydrogens is 202 g/mol. The van der Waals surface area contributed by atoms with Gasteiger partial charge in [-0.3, -0.25) is 9.78 Å².